The highest BCUT2D eigenvalue weighted by Gasteiger charge is 2.49. The summed E-state index contributed by atoms with van der Waals surface area (Å²) in [5.74, 6) is 4.50. The lowest BCUT2D eigenvalue weighted by atomic mass is 9.51. The third kappa shape index (κ3) is 1.45. The van der Waals surface area contributed by atoms with E-state index in [2.05, 4.69) is 12.1 Å². The van der Waals surface area contributed by atoms with E-state index >= 15 is 0 Å². The molecule has 0 amide bonds. The minimum atomic E-state index is 0.700. The van der Waals surface area contributed by atoms with Gasteiger partial charge in [-0.25, -0.2) is 0 Å². The summed E-state index contributed by atoms with van der Waals surface area (Å²) in [4.78, 5) is 2.12. The molecule has 94 valence electrons. The Labute approximate surface area is 112 Å². The minimum Gasteiger partial charge on any atom is -0.397 e. The van der Waals surface area contributed by atoms with Gasteiger partial charge in [-0.2, -0.15) is 5.26 Å². The van der Waals surface area contributed by atoms with Crippen molar-refractivity contribution in [2.45, 2.75) is 38.0 Å². The molecule has 0 spiro atoms. The van der Waals surface area contributed by atoms with Crippen LogP contribution in [-0.4, -0.2) is 0 Å². The fourth-order valence-corrected chi connectivity index (χ4v) is 6.23. The molecule has 2 N–H and O–H groups in total. The van der Waals surface area contributed by atoms with E-state index in [-0.39, 0.29) is 0 Å². The third-order valence-electron chi connectivity index (χ3n) is 5.44. The van der Waals surface area contributed by atoms with Gasteiger partial charge in [0.25, 0.3) is 0 Å². The monoisotopic (exact) mass is 258 g/mol. The van der Waals surface area contributed by atoms with Gasteiger partial charge >= 0.3 is 0 Å². The zero-order chi connectivity index (χ0) is 12.3. The van der Waals surface area contributed by atoms with Gasteiger partial charge in [-0.05, 0) is 67.8 Å². The van der Waals surface area contributed by atoms with Crippen LogP contribution in [0.25, 0.3) is 0 Å². The SMILES string of the molecule is N#Cc1sc(C2C3CC4CC(C3)CC2C4)cc1N. The Morgan fingerprint density at radius 3 is 2.22 bits per heavy atom. The quantitative estimate of drug-likeness (QED) is 0.834. The van der Waals surface area contributed by atoms with Crippen LogP contribution in [0.15, 0.2) is 6.07 Å². The van der Waals surface area contributed by atoms with Crippen LogP contribution in [0.5, 0.6) is 0 Å². The van der Waals surface area contributed by atoms with E-state index in [9.17, 15) is 0 Å². The van der Waals surface area contributed by atoms with Gasteiger partial charge in [0.15, 0.2) is 0 Å². The van der Waals surface area contributed by atoms with E-state index in [1.807, 2.05) is 0 Å². The standard InChI is InChI=1S/C15H18N2S/c16-7-14-12(17)6-13(18-14)15-10-2-8-1-9(4-10)5-11(15)3-8/h6,8-11,15H,1-5,17H2. The van der Waals surface area contributed by atoms with Gasteiger partial charge in [0.1, 0.15) is 10.9 Å². The Hall–Kier alpha value is -1.01. The molecule has 0 radical (unpaired) electrons. The lowest BCUT2D eigenvalue weighted by Gasteiger charge is -2.54. The van der Waals surface area contributed by atoms with Gasteiger partial charge in [-0.15, -0.1) is 11.3 Å². The Balaban J connectivity index is 1.70. The molecule has 2 nitrogen and oxygen atoms in total. The number of anilines is 1. The van der Waals surface area contributed by atoms with Gasteiger partial charge in [0, 0.05) is 4.88 Å². The summed E-state index contributed by atoms with van der Waals surface area (Å²) in [6, 6.07) is 4.32. The minimum absolute atomic E-state index is 0.700. The molecule has 1 heterocycles. The van der Waals surface area contributed by atoms with Gasteiger partial charge in [-0.3, -0.25) is 0 Å². The summed E-state index contributed by atoms with van der Waals surface area (Å²) in [7, 11) is 0. The Morgan fingerprint density at radius 2 is 1.72 bits per heavy atom. The molecule has 0 saturated heterocycles. The van der Waals surface area contributed by atoms with Crippen molar-refractivity contribution in [1.29, 1.82) is 5.26 Å². The van der Waals surface area contributed by atoms with Crippen molar-refractivity contribution in [2.75, 3.05) is 5.73 Å². The van der Waals surface area contributed by atoms with Crippen molar-refractivity contribution >= 4 is 17.0 Å². The molecular formula is C15H18N2S. The second-order valence-electron chi connectivity index (χ2n) is 6.50. The smallest absolute Gasteiger partial charge is 0.128 e. The van der Waals surface area contributed by atoms with Crippen molar-refractivity contribution in [3.8, 4) is 6.07 Å². The molecule has 3 heteroatoms. The number of hydrogen-bond donors (Lipinski definition) is 1. The third-order valence-corrected chi connectivity index (χ3v) is 6.59. The van der Waals surface area contributed by atoms with Crippen LogP contribution >= 0.6 is 11.3 Å². The first kappa shape index (κ1) is 10.9. The number of nitriles is 1. The van der Waals surface area contributed by atoms with Gasteiger partial charge in [0.05, 0.1) is 5.69 Å². The normalized spacial score (nSPS) is 40.9. The van der Waals surface area contributed by atoms with Crippen molar-refractivity contribution < 1.29 is 0 Å². The van der Waals surface area contributed by atoms with Gasteiger partial charge < -0.3 is 5.73 Å². The molecule has 0 atom stereocenters. The van der Waals surface area contributed by atoms with Crippen LogP contribution in [0.1, 0.15) is 47.8 Å². The highest BCUT2D eigenvalue weighted by molar-refractivity contribution is 7.13. The van der Waals surface area contributed by atoms with Crippen LogP contribution in [0.4, 0.5) is 5.69 Å². The molecule has 4 aliphatic carbocycles. The van der Waals surface area contributed by atoms with Crippen molar-refractivity contribution in [2.24, 2.45) is 23.7 Å². The zero-order valence-electron chi connectivity index (χ0n) is 10.4. The fourth-order valence-electron chi connectivity index (χ4n) is 5.07. The molecule has 0 aliphatic heterocycles. The molecular weight excluding hydrogens is 240 g/mol. The highest BCUT2D eigenvalue weighted by Crippen LogP contribution is 2.60. The first-order chi connectivity index (χ1) is 8.74. The second-order valence-corrected chi connectivity index (χ2v) is 7.59. The summed E-state index contributed by atoms with van der Waals surface area (Å²) >= 11 is 1.65. The Bertz CT molecular complexity index is 497. The van der Waals surface area contributed by atoms with Crippen LogP contribution in [0, 0.1) is 35.0 Å². The molecule has 0 aromatic carbocycles. The maximum Gasteiger partial charge on any atom is 0.128 e. The lowest BCUT2D eigenvalue weighted by Crippen LogP contribution is -2.43. The van der Waals surface area contributed by atoms with E-state index in [0.717, 1.165) is 28.5 Å². The molecule has 4 bridgehead atoms. The average Bonchev–Trinajstić information content (AvgIpc) is 2.69. The molecule has 4 fully saturated rings. The number of hydrogen-bond acceptors (Lipinski definition) is 3. The molecule has 0 unspecified atom stereocenters. The van der Waals surface area contributed by atoms with Crippen molar-refractivity contribution in [3.63, 3.8) is 0 Å². The first-order valence-corrected chi connectivity index (χ1v) is 7.85. The van der Waals surface area contributed by atoms with E-state index in [1.54, 1.807) is 11.3 Å². The fraction of sp³-hybridized carbons (Fsp3) is 0.667. The average molecular weight is 258 g/mol. The van der Waals surface area contributed by atoms with E-state index < -0.39 is 0 Å². The van der Waals surface area contributed by atoms with Crippen LogP contribution in [0.2, 0.25) is 0 Å². The molecule has 4 saturated carbocycles. The summed E-state index contributed by atoms with van der Waals surface area (Å²) in [5.41, 5.74) is 6.63. The van der Waals surface area contributed by atoms with E-state index in [0.29, 0.717) is 11.6 Å². The number of rotatable bonds is 1. The zero-order valence-corrected chi connectivity index (χ0v) is 11.2. The number of nitrogen functional groups attached to an aromatic ring is 1. The topological polar surface area (TPSA) is 49.8 Å². The summed E-state index contributed by atoms with van der Waals surface area (Å²) in [5, 5.41) is 9.06. The summed E-state index contributed by atoms with van der Waals surface area (Å²) in [6.07, 6.45) is 7.21. The highest BCUT2D eigenvalue weighted by atomic mass is 32.1. The summed E-state index contributed by atoms with van der Waals surface area (Å²) < 4.78 is 0. The number of nitrogens with two attached hydrogens (primary N) is 1. The van der Waals surface area contributed by atoms with Gasteiger partial charge in [0.2, 0.25) is 0 Å². The van der Waals surface area contributed by atoms with Crippen LogP contribution in [0.3, 0.4) is 0 Å². The molecule has 18 heavy (non-hydrogen) atoms. The lowest BCUT2D eigenvalue weighted by molar-refractivity contribution is -0.00159. The second kappa shape index (κ2) is 3.74. The van der Waals surface area contributed by atoms with Crippen molar-refractivity contribution in [3.05, 3.63) is 15.8 Å². The maximum atomic E-state index is 9.06. The molecule has 1 aromatic heterocycles. The molecule has 5 rings (SSSR count). The maximum absolute atomic E-state index is 9.06. The predicted octanol–water partition coefficient (Wildman–Crippen LogP) is 3.74. The number of thiophene rings is 1. The van der Waals surface area contributed by atoms with Crippen LogP contribution < -0.4 is 5.73 Å². The Morgan fingerprint density at radius 1 is 1.11 bits per heavy atom. The molecule has 1 aromatic rings. The summed E-state index contributed by atoms with van der Waals surface area (Å²) in [6.45, 7) is 0. The largest absolute Gasteiger partial charge is 0.397 e. The van der Waals surface area contributed by atoms with E-state index in [1.165, 1.54) is 37.0 Å². The van der Waals surface area contributed by atoms with Crippen LogP contribution in [-0.2, 0) is 0 Å². The van der Waals surface area contributed by atoms with Crippen molar-refractivity contribution in [1.82, 2.24) is 0 Å². The van der Waals surface area contributed by atoms with E-state index in [4.69, 9.17) is 11.0 Å². The molecule has 4 aliphatic rings. The Kier molecular flexibility index (Phi) is 2.26. The van der Waals surface area contributed by atoms with Gasteiger partial charge in [-0.1, -0.05) is 0 Å². The predicted molar refractivity (Wildman–Crippen MR) is 73.2 cm³/mol. The number of nitrogens with zero attached hydrogens (tertiary/aromatic N) is 1. The first-order valence-electron chi connectivity index (χ1n) is 7.04.